The van der Waals surface area contributed by atoms with Crippen molar-refractivity contribution in [3.05, 3.63) is 0 Å². The summed E-state index contributed by atoms with van der Waals surface area (Å²) < 4.78 is 5.87. The molecule has 1 aliphatic rings. The summed E-state index contributed by atoms with van der Waals surface area (Å²) in [6, 6.07) is 0.648. The first kappa shape index (κ1) is 18.9. The molecule has 1 saturated carbocycles. The van der Waals surface area contributed by atoms with Crippen molar-refractivity contribution < 1.29 is 4.74 Å². The SMILES string of the molecule is CCOC1CC(N)(CN(CC(C)C)C(CC)CC)C1(C)C. The number of nitrogens with zero attached hydrogens (tertiary/aromatic N) is 1. The lowest BCUT2D eigenvalue weighted by Crippen LogP contribution is -2.74. The monoisotopic (exact) mass is 298 g/mol. The lowest BCUT2D eigenvalue weighted by Gasteiger charge is -2.61. The van der Waals surface area contributed by atoms with E-state index in [1.54, 1.807) is 0 Å². The van der Waals surface area contributed by atoms with Crippen LogP contribution >= 0.6 is 0 Å². The van der Waals surface area contributed by atoms with E-state index in [4.69, 9.17) is 10.5 Å². The second-order valence-electron chi connectivity index (χ2n) is 7.82. The average Bonchev–Trinajstić information content (AvgIpc) is 2.39. The molecule has 0 bridgehead atoms. The summed E-state index contributed by atoms with van der Waals surface area (Å²) in [7, 11) is 0. The van der Waals surface area contributed by atoms with Gasteiger partial charge in [0, 0.05) is 36.7 Å². The Hall–Kier alpha value is -0.120. The van der Waals surface area contributed by atoms with Crippen molar-refractivity contribution in [3.63, 3.8) is 0 Å². The van der Waals surface area contributed by atoms with E-state index in [9.17, 15) is 0 Å². The van der Waals surface area contributed by atoms with Crippen molar-refractivity contribution in [2.24, 2.45) is 17.1 Å². The van der Waals surface area contributed by atoms with Gasteiger partial charge in [0.05, 0.1) is 6.10 Å². The second kappa shape index (κ2) is 7.43. The predicted octanol–water partition coefficient (Wildman–Crippen LogP) is 3.67. The van der Waals surface area contributed by atoms with Crippen LogP contribution in [0.25, 0.3) is 0 Å². The number of hydrogen-bond donors (Lipinski definition) is 1. The van der Waals surface area contributed by atoms with E-state index in [2.05, 4.69) is 53.4 Å². The summed E-state index contributed by atoms with van der Waals surface area (Å²) in [5.41, 5.74) is 6.74. The highest BCUT2D eigenvalue weighted by Crippen LogP contribution is 2.50. The van der Waals surface area contributed by atoms with Crippen LogP contribution in [0.1, 0.15) is 67.7 Å². The van der Waals surface area contributed by atoms with Crippen molar-refractivity contribution >= 4 is 0 Å². The summed E-state index contributed by atoms with van der Waals surface area (Å²) in [4.78, 5) is 2.63. The number of hydrogen-bond acceptors (Lipinski definition) is 3. The van der Waals surface area contributed by atoms with Crippen molar-refractivity contribution in [2.75, 3.05) is 19.7 Å². The zero-order valence-corrected chi connectivity index (χ0v) is 15.4. The first-order valence-corrected chi connectivity index (χ1v) is 8.86. The van der Waals surface area contributed by atoms with E-state index < -0.39 is 0 Å². The molecular weight excluding hydrogens is 260 g/mol. The third-order valence-corrected chi connectivity index (χ3v) is 5.55. The maximum atomic E-state index is 6.80. The van der Waals surface area contributed by atoms with Gasteiger partial charge in [0.1, 0.15) is 0 Å². The van der Waals surface area contributed by atoms with Gasteiger partial charge < -0.3 is 10.5 Å². The highest BCUT2D eigenvalue weighted by Gasteiger charge is 2.59. The molecule has 0 aromatic carbocycles. The molecule has 0 radical (unpaired) electrons. The lowest BCUT2D eigenvalue weighted by atomic mass is 9.54. The molecule has 0 aliphatic heterocycles. The largest absolute Gasteiger partial charge is 0.378 e. The summed E-state index contributed by atoms with van der Waals surface area (Å²) >= 11 is 0. The van der Waals surface area contributed by atoms with Crippen LogP contribution in [-0.4, -0.2) is 42.3 Å². The highest BCUT2D eigenvalue weighted by molar-refractivity contribution is 5.15. The summed E-state index contributed by atoms with van der Waals surface area (Å²) in [5, 5.41) is 0. The molecule has 3 nitrogen and oxygen atoms in total. The molecule has 0 aromatic heterocycles. The molecule has 1 aliphatic carbocycles. The number of nitrogens with two attached hydrogens (primary N) is 1. The zero-order chi connectivity index (χ0) is 16.3. The normalized spacial score (nSPS) is 28.4. The Labute approximate surface area is 132 Å². The Balaban J connectivity index is 2.78. The van der Waals surface area contributed by atoms with Crippen LogP contribution in [0.5, 0.6) is 0 Å². The molecular formula is C18H38N2O. The minimum absolute atomic E-state index is 0.0598. The van der Waals surface area contributed by atoms with Gasteiger partial charge in [0.2, 0.25) is 0 Å². The van der Waals surface area contributed by atoms with Gasteiger partial charge in [-0.3, -0.25) is 4.90 Å². The molecule has 2 N–H and O–H groups in total. The fourth-order valence-corrected chi connectivity index (χ4v) is 3.75. The van der Waals surface area contributed by atoms with Gasteiger partial charge in [-0.1, -0.05) is 41.5 Å². The molecule has 126 valence electrons. The van der Waals surface area contributed by atoms with Gasteiger partial charge in [-0.25, -0.2) is 0 Å². The van der Waals surface area contributed by atoms with Crippen LogP contribution in [0.15, 0.2) is 0 Å². The van der Waals surface area contributed by atoms with Crippen LogP contribution in [0, 0.1) is 11.3 Å². The minimum atomic E-state index is -0.121. The number of ether oxygens (including phenoxy) is 1. The summed E-state index contributed by atoms with van der Waals surface area (Å²) in [6.45, 7) is 18.7. The standard InChI is InChI=1S/C18H38N2O/c1-8-15(9-2)20(12-14(4)5)13-18(19)11-16(21-10-3)17(18,6)7/h14-16H,8-13,19H2,1-7H3. The molecule has 1 rings (SSSR count). The van der Waals surface area contributed by atoms with Crippen LogP contribution in [0.3, 0.4) is 0 Å². The molecule has 0 aromatic rings. The zero-order valence-electron chi connectivity index (χ0n) is 15.4. The minimum Gasteiger partial charge on any atom is -0.378 e. The van der Waals surface area contributed by atoms with Crippen LogP contribution in [-0.2, 0) is 4.74 Å². The van der Waals surface area contributed by atoms with Crippen molar-refractivity contribution in [1.29, 1.82) is 0 Å². The van der Waals surface area contributed by atoms with Crippen LogP contribution in [0.2, 0.25) is 0 Å². The topological polar surface area (TPSA) is 38.5 Å². The van der Waals surface area contributed by atoms with Gasteiger partial charge in [-0.2, -0.15) is 0 Å². The third-order valence-electron chi connectivity index (χ3n) is 5.55. The first-order chi connectivity index (χ1) is 9.71. The van der Waals surface area contributed by atoms with E-state index in [1.807, 2.05) is 0 Å². The maximum Gasteiger partial charge on any atom is 0.0662 e. The van der Waals surface area contributed by atoms with E-state index in [1.165, 1.54) is 12.8 Å². The Morgan fingerprint density at radius 2 is 1.76 bits per heavy atom. The molecule has 3 heteroatoms. The Kier molecular flexibility index (Phi) is 6.70. The summed E-state index contributed by atoms with van der Waals surface area (Å²) in [5.74, 6) is 0.681. The Morgan fingerprint density at radius 3 is 2.14 bits per heavy atom. The van der Waals surface area contributed by atoms with Crippen LogP contribution in [0.4, 0.5) is 0 Å². The lowest BCUT2D eigenvalue weighted by molar-refractivity contribution is -0.159. The molecule has 2 atom stereocenters. The number of rotatable bonds is 9. The molecule has 0 saturated heterocycles. The smallest absolute Gasteiger partial charge is 0.0662 e. The van der Waals surface area contributed by atoms with Gasteiger partial charge >= 0.3 is 0 Å². The van der Waals surface area contributed by atoms with E-state index in [0.717, 1.165) is 26.1 Å². The predicted molar refractivity (Wildman–Crippen MR) is 91.5 cm³/mol. The van der Waals surface area contributed by atoms with Crippen LogP contribution < -0.4 is 5.73 Å². The fourth-order valence-electron chi connectivity index (χ4n) is 3.75. The van der Waals surface area contributed by atoms with Crippen molar-refractivity contribution in [1.82, 2.24) is 4.90 Å². The third kappa shape index (κ3) is 4.00. The van der Waals surface area contributed by atoms with E-state index in [-0.39, 0.29) is 11.0 Å². The Morgan fingerprint density at radius 1 is 1.19 bits per heavy atom. The van der Waals surface area contributed by atoms with Gasteiger partial charge in [-0.05, 0) is 32.1 Å². The summed E-state index contributed by atoms with van der Waals surface area (Å²) in [6.07, 6.45) is 3.71. The van der Waals surface area contributed by atoms with Crippen molar-refractivity contribution in [3.8, 4) is 0 Å². The average molecular weight is 299 g/mol. The van der Waals surface area contributed by atoms with Crippen molar-refractivity contribution in [2.45, 2.75) is 85.4 Å². The highest BCUT2D eigenvalue weighted by atomic mass is 16.5. The first-order valence-electron chi connectivity index (χ1n) is 8.86. The molecule has 1 fully saturated rings. The molecule has 0 heterocycles. The second-order valence-corrected chi connectivity index (χ2v) is 7.82. The molecule has 21 heavy (non-hydrogen) atoms. The molecule has 0 spiro atoms. The van der Waals surface area contributed by atoms with Gasteiger partial charge in [0.25, 0.3) is 0 Å². The maximum absolute atomic E-state index is 6.80. The molecule has 0 amide bonds. The van der Waals surface area contributed by atoms with Gasteiger partial charge in [0.15, 0.2) is 0 Å². The fraction of sp³-hybridized carbons (Fsp3) is 1.00. The Bertz CT molecular complexity index is 312. The van der Waals surface area contributed by atoms with Gasteiger partial charge in [-0.15, -0.1) is 0 Å². The van der Waals surface area contributed by atoms with E-state index in [0.29, 0.717) is 18.1 Å². The van der Waals surface area contributed by atoms with E-state index >= 15 is 0 Å². The quantitative estimate of drug-likeness (QED) is 0.706. The molecule has 2 unspecified atom stereocenters.